The van der Waals surface area contributed by atoms with Crippen LogP contribution >= 0.6 is 0 Å². The van der Waals surface area contributed by atoms with Gasteiger partial charge in [0.05, 0.1) is 0 Å². The summed E-state index contributed by atoms with van der Waals surface area (Å²) in [5.74, 6) is -0.792. The lowest BCUT2D eigenvalue weighted by atomic mass is 9.87. The van der Waals surface area contributed by atoms with E-state index in [4.69, 9.17) is 0 Å². The number of benzene rings is 2. The molecule has 0 aliphatic carbocycles. The van der Waals surface area contributed by atoms with E-state index in [9.17, 15) is 14.0 Å². The molecule has 0 fully saturated rings. The average Bonchev–Trinajstić information content (AvgIpc) is 2.82. The molecule has 1 aromatic heterocycles. The molecule has 5 nitrogen and oxygen atoms in total. The van der Waals surface area contributed by atoms with Gasteiger partial charge in [-0.1, -0.05) is 58.0 Å². The third kappa shape index (κ3) is 6.28. The van der Waals surface area contributed by atoms with Crippen LogP contribution in [0.3, 0.4) is 0 Å². The Bertz CT molecular complexity index is 1110. The molecular formula is C28H32FN3O2. The zero-order valence-corrected chi connectivity index (χ0v) is 20.2. The lowest BCUT2D eigenvalue weighted by molar-refractivity contribution is -0.126. The summed E-state index contributed by atoms with van der Waals surface area (Å²) in [5, 5.41) is 2.93. The number of hydrogen-bond acceptors (Lipinski definition) is 3. The van der Waals surface area contributed by atoms with E-state index < -0.39 is 6.04 Å². The Morgan fingerprint density at radius 3 is 2.38 bits per heavy atom. The van der Waals surface area contributed by atoms with Crippen LogP contribution in [0.5, 0.6) is 0 Å². The summed E-state index contributed by atoms with van der Waals surface area (Å²) in [6, 6.07) is 16.7. The largest absolute Gasteiger partial charge is 0.354 e. The predicted octanol–water partition coefficient (Wildman–Crippen LogP) is 5.36. The second-order valence-corrected chi connectivity index (χ2v) is 9.27. The molecule has 0 aliphatic heterocycles. The molecule has 3 rings (SSSR count). The van der Waals surface area contributed by atoms with Gasteiger partial charge >= 0.3 is 0 Å². The van der Waals surface area contributed by atoms with Gasteiger partial charge in [0.1, 0.15) is 11.9 Å². The van der Waals surface area contributed by atoms with Gasteiger partial charge < -0.3 is 5.32 Å². The first-order chi connectivity index (χ1) is 16.2. The van der Waals surface area contributed by atoms with Crippen molar-refractivity contribution in [1.82, 2.24) is 10.3 Å². The maximum Gasteiger partial charge on any atom is 0.247 e. The highest BCUT2D eigenvalue weighted by molar-refractivity contribution is 6.01. The Balaban J connectivity index is 1.91. The van der Waals surface area contributed by atoms with Crippen molar-refractivity contribution in [3.63, 3.8) is 0 Å². The van der Waals surface area contributed by atoms with Crippen LogP contribution in [0.2, 0.25) is 0 Å². The number of halogens is 1. The minimum Gasteiger partial charge on any atom is -0.354 e. The number of anilines is 1. The number of aromatic nitrogens is 1. The van der Waals surface area contributed by atoms with Crippen molar-refractivity contribution in [1.29, 1.82) is 0 Å². The number of carbonyl (C=O) groups is 2. The van der Waals surface area contributed by atoms with E-state index in [2.05, 4.69) is 31.1 Å². The summed E-state index contributed by atoms with van der Waals surface area (Å²) in [6.45, 7) is 8.47. The summed E-state index contributed by atoms with van der Waals surface area (Å²) in [7, 11) is 0. The molecule has 0 aliphatic rings. The molecule has 34 heavy (non-hydrogen) atoms. The summed E-state index contributed by atoms with van der Waals surface area (Å²) >= 11 is 0. The Hall–Kier alpha value is -3.54. The highest BCUT2D eigenvalue weighted by Gasteiger charge is 2.32. The lowest BCUT2D eigenvalue weighted by Gasteiger charge is -2.31. The van der Waals surface area contributed by atoms with Crippen molar-refractivity contribution in [2.24, 2.45) is 0 Å². The fourth-order valence-electron chi connectivity index (χ4n) is 3.80. The first-order valence-corrected chi connectivity index (χ1v) is 11.6. The molecule has 1 N–H and O–H groups in total. The Morgan fingerprint density at radius 1 is 1.06 bits per heavy atom. The molecule has 2 amide bonds. The Labute approximate surface area is 201 Å². The molecule has 0 spiro atoms. The first-order valence-electron chi connectivity index (χ1n) is 11.6. The standard InChI is InChI=1S/C28H32FN3O2/c1-5-25(33)32(24-13-11-22(12-14-24)28(2,3)4)26(21-9-7-16-30-19-21)27(34)31-17-15-20-8-6-10-23(29)18-20/h6-14,16,18-19,26H,5,15,17H2,1-4H3,(H,31,34)/t26-/m1/s1. The fourth-order valence-corrected chi connectivity index (χ4v) is 3.80. The number of carbonyl (C=O) groups excluding carboxylic acids is 2. The van der Waals surface area contributed by atoms with Crippen molar-refractivity contribution in [3.05, 3.63) is 95.6 Å². The maximum atomic E-state index is 13.5. The molecule has 0 unspecified atom stereocenters. The molecule has 0 bridgehead atoms. The molecule has 6 heteroatoms. The fraction of sp³-hybridized carbons (Fsp3) is 0.321. The van der Waals surface area contributed by atoms with Crippen LogP contribution in [0.15, 0.2) is 73.1 Å². The number of nitrogens with one attached hydrogen (secondary N) is 1. The lowest BCUT2D eigenvalue weighted by Crippen LogP contribution is -2.44. The van der Waals surface area contributed by atoms with E-state index in [1.807, 2.05) is 30.3 Å². The van der Waals surface area contributed by atoms with Crippen LogP contribution in [0.1, 0.15) is 56.8 Å². The van der Waals surface area contributed by atoms with Crippen LogP contribution in [0.25, 0.3) is 0 Å². The molecule has 1 atom stereocenters. The molecule has 0 radical (unpaired) electrons. The second-order valence-electron chi connectivity index (χ2n) is 9.27. The molecule has 1 heterocycles. The van der Waals surface area contributed by atoms with Gasteiger partial charge in [-0.2, -0.15) is 0 Å². The molecule has 0 saturated heterocycles. The third-order valence-electron chi connectivity index (χ3n) is 5.69. The van der Waals surface area contributed by atoms with Crippen molar-refractivity contribution < 1.29 is 14.0 Å². The number of pyridine rings is 1. The first kappa shape index (κ1) is 25.1. The number of amides is 2. The van der Waals surface area contributed by atoms with Crippen molar-refractivity contribution in [2.45, 2.75) is 52.0 Å². The number of rotatable bonds is 8. The average molecular weight is 462 g/mol. The topological polar surface area (TPSA) is 62.3 Å². The minimum atomic E-state index is -0.880. The quantitative estimate of drug-likeness (QED) is 0.491. The van der Waals surface area contributed by atoms with E-state index in [1.165, 1.54) is 12.1 Å². The van der Waals surface area contributed by atoms with Gasteiger partial charge in [-0.15, -0.1) is 0 Å². The molecule has 3 aromatic rings. The summed E-state index contributed by atoms with van der Waals surface area (Å²) in [4.78, 5) is 32.3. The van der Waals surface area contributed by atoms with Gasteiger partial charge in [0.25, 0.3) is 0 Å². The van der Waals surface area contributed by atoms with E-state index in [-0.39, 0.29) is 29.5 Å². The highest BCUT2D eigenvalue weighted by atomic mass is 19.1. The van der Waals surface area contributed by atoms with E-state index in [1.54, 1.807) is 42.4 Å². The maximum absolute atomic E-state index is 13.5. The van der Waals surface area contributed by atoms with Gasteiger partial charge in [-0.3, -0.25) is 19.5 Å². The summed E-state index contributed by atoms with van der Waals surface area (Å²) in [5.41, 5.74) is 3.16. The summed E-state index contributed by atoms with van der Waals surface area (Å²) < 4.78 is 13.5. The van der Waals surface area contributed by atoms with Gasteiger partial charge in [-0.05, 0) is 53.3 Å². The van der Waals surface area contributed by atoms with Crippen molar-refractivity contribution in [2.75, 3.05) is 11.4 Å². The number of nitrogens with zero attached hydrogens (tertiary/aromatic N) is 2. The van der Waals surface area contributed by atoms with Crippen molar-refractivity contribution >= 4 is 17.5 Å². The van der Waals surface area contributed by atoms with Crippen LogP contribution in [-0.2, 0) is 21.4 Å². The van der Waals surface area contributed by atoms with Crippen LogP contribution in [0, 0.1) is 5.82 Å². The summed E-state index contributed by atoms with van der Waals surface area (Å²) in [6.07, 6.45) is 3.96. The van der Waals surface area contributed by atoms with Crippen LogP contribution in [0.4, 0.5) is 10.1 Å². The monoisotopic (exact) mass is 461 g/mol. The highest BCUT2D eigenvalue weighted by Crippen LogP contribution is 2.31. The molecule has 178 valence electrons. The van der Waals surface area contributed by atoms with E-state index in [0.29, 0.717) is 24.2 Å². The number of hydrogen-bond donors (Lipinski definition) is 1. The van der Waals surface area contributed by atoms with Crippen LogP contribution < -0.4 is 10.2 Å². The normalized spacial score (nSPS) is 12.1. The van der Waals surface area contributed by atoms with E-state index >= 15 is 0 Å². The van der Waals surface area contributed by atoms with Gasteiger partial charge in [0.15, 0.2) is 0 Å². The molecule has 0 saturated carbocycles. The Kier molecular flexibility index (Phi) is 8.16. The molecular weight excluding hydrogens is 429 g/mol. The second kappa shape index (κ2) is 11.1. The third-order valence-corrected chi connectivity index (χ3v) is 5.69. The smallest absolute Gasteiger partial charge is 0.247 e. The molecule has 2 aromatic carbocycles. The van der Waals surface area contributed by atoms with Gasteiger partial charge in [0, 0.05) is 36.6 Å². The predicted molar refractivity (Wildman–Crippen MR) is 133 cm³/mol. The Morgan fingerprint density at radius 2 is 1.79 bits per heavy atom. The van der Waals surface area contributed by atoms with Gasteiger partial charge in [-0.25, -0.2) is 4.39 Å². The SMILES string of the molecule is CCC(=O)N(c1ccc(C(C)(C)C)cc1)[C@@H](C(=O)NCCc1cccc(F)c1)c1cccnc1. The van der Waals surface area contributed by atoms with E-state index in [0.717, 1.165) is 11.1 Å². The zero-order valence-electron chi connectivity index (χ0n) is 20.2. The minimum absolute atomic E-state index is 0.0326. The van der Waals surface area contributed by atoms with Gasteiger partial charge in [0.2, 0.25) is 11.8 Å². The van der Waals surface area contributed by atoms with Crippen LogP contribution in [-0.4, -0.2) is 23.3 Å². The zero-order chi connectivity index (χ0) is 24.7. The van der Waals surface area contributed by atoms with Crippen molar-refractivity contribution in [3.8, 4) is 0 Å².